The minimum absolute atomic E-state index is 0.0878. The number of carbonyl (C=O) groups is 3. The third-order valence-corrected chi connectivity index (χ3v) is 10.8. The van der Waals surface area contributed by atoms with E-state index in [4.69, 9.17) is 16.3 Å². The molecule has 5 atom stereocenters. The molecule has 2 aromatic carbocycles. The van der Waals surface area contributed by atoms with Crippen LogP contribution in [0.25, 0.3) is 0 Å². The van der Waals surface area contributed by atoms with Gasteiger partial charge in [-0.3, -0.25) is 14.4 Å². The first-order valence-electron chi connectivity index (χ1n) is 14.7. The van der Waals surface area contributed by atoms with E-state index in [1.165, 1.54) is 0 Å². The summed E-state index contributed by atoms with van der Waals surface area (Å²) in [6.07, 6.45) is 5.06. The van der Waals surface area contributed by atoms with Crippen LogP contribution in [0.15, 0.2) is 73.8 Å². The molecule has 2 bridgehead atoms. The first-order valence-corrected chi connectivity index (χ1v) is 16.0. The van der Waals surface area contributed by atoms with Gasteiger partial charge in [-0.25, -0.2) is 0 Å². The van der Waals surface area contributed by atoms with Gasteiger partial charge in [0.1, 0.15) is 11.8 Å². The molecule has 0 saturated carbocycles. The first-order chi connectivity index (χ1) is 20.8. The maximum atomic E-state index is 14.5. The van der Waals surface area contributed by atoms with Crippen molar-refractivity contribution in [3.8, 4) is 5.75 Å². The van der Waals surface area contributed by atoms with E-state index in [0.717, 1.165) is 6.42 Å². The normalized spacial score (nSPS) is 25.4. The summed E-state index contributed by atoms with van der Waals surface area (Å²) >= 11 is 7.75. The monoisotopic (exact) mass is 623 g/mol. The van der Waals surface area contributed by atoms with E-state index in [9.17, 15) is 19.5 Å². The highest BCUT2D eigenvalue weighted by atomic mass is 35.5. The number of ether oxygens (including phenoxy) is 1. The standard InChI is InChI=1S/C33H38ClN3O5S/c1-4-18-35(24-12-14-25(15-13-24)42-6-3)30(39)27-26-16-17-33(43-26)28(27)31(40)37(20-7-21-38)29(33)32(41)36(19-5-2)23-10-8-22(34)9-11-23/h4-5,8-15,26-29,38H,1-2,6-7,16-21H2,3H3/t26-,27+,28-,29?,33?/m0/s1. The molecule has 3 saturated heterocycles. The van der Waals surface area contributed by atoms with E-state index in [2.05, 4.69) is 13.2 Å². The zero-order chi connectivity index (χ0) is 30.7. The summed E-state index contributed by atoms with van der Waals surface area (Å²) in [7, 11) is 0. The Hall–Kier alpha value is -3.27. The Morgan fingerprint density at radius 3 is 2.26 bits per heavy atom. The molecule has 3 heterocycles. The summed E-state index contributed by atoms with van der Waals surface area (Å²) in [5.74, 6) is -1.08. The molecule has 0 aromatic heterocycles. The molecule has 0 radical (unpaired) electrons. The summed E-state index contributed by atoms with van der Waals surface area (Å²) in [5.41, 5.74) is 1.35. The summed E-state index contributed by atoms with van der Waals surface area (Å²) in [4.78, 5) is 48.2. The minimum Gasteiger partial charge on any atom is -0.494 e. The SMILES string of the molecule is C=CCN(C(=O)C1N(CCCO)C(=O)[C@@H]2[C@H](C(=O)N(CC=C)c3ccc(OCC)cc3)[C@@H]3CCC12S3)c1ccc(Cl)cc1. The van der Waals surface area contributed by atoms with Gasteiger partial charge in [0.05, 0.1) is 23.2 Å². The molecule has 8 nitrogen and oxygen atoms in total. The van der Waals surface area contributed by atoms with Crippen LogP contribution in [0.4, 0.5) is 11.4 Å². The number of hydrogen-bond acceptors (Lipinski definition) is 6. The molecule has 3 amide bonds. The van der Waals surface area contributed by atoms with Crippen LogP contribution in [0, 0.1) is 11.8 Å². The molecule has 1 N–H and O–H groups in total. The maximum Gasteiger partial charge on any atom is 0.251 e. The Bertz CT molecular complexity index is 1370. The van der Waals surface area contributed by atoms with E-state index < -0.39 is 22.6 Å². The highest BCUT2D eigenvalue weighted by Gasteiger charge is 2.74. The fourth-order valence-corrected chi connectivity index (χ4v) is 9.27. The molecule has 3 aliphatic heterocycles. The van der Waals surface area contributed by atoms with Crippen molar-refractivity contribution in [2.75, 3.05) is 42.6 Å². The second-order valence-electron chi connectivity index (χ2n) is 11.0. The van der Waals surface area contributed by atoms with Gasteiger partial charge in [0.15, 0.2) is 0 Å². The summed E-state index contributed by atoms with van der Waals surface area (Å²) in [6, 6.07) is 13.6. The molecule has 5 rings (SSSR count). The lowest BCUT2D eigenvalue weighted by atomic mass is 9.70. The highest BCUT2D eigenvalue weighted by Crippen LogP contribution is 2.66. The van der Waals surface area contributed by atoms with Crippen LogP contribution in [0.1, 0.15) is 26.2 Å². The summed E-state index contributed by atoms with van der Waals surface area (Å²) in [6.45, 7) is 10.8. The van der Waals surface area contributed by atoms with Crippen LogP contribution in [0.5, 0.6) is 5.75 Å². The molecule has 3 aliphatic rings. The van der Waals surface area contributed by atoms with Gasteiger partial charge in [-0.05, 0) is 74.7 Å². The fraction of sp³-hybridized carbons (Fsp3) is 0.424. The van der Waals surface area contributed by atoms with Crippen LogP contribution < -0.4 is 14.5 Å². The molecule has 0 aliphatic carbocycles. The molecule has 2 aromatic rings. The van der Waals surface area contributed by atoms with Gasteiger partial charge in [0.2, 0.25) is 11.8 Å². The number of nitrogens with zero attached hydrogens (tertiary/aromatic N) is 3. The number of rotatable bonds is 13. The van der Waals surface area contributed by atoms with Crippen molar-refractivity contribution in [3.05, 3.63) is 78.9 Å². The number of anilines is 2. The van der Waals surface area contributed by atoms with Gasteiger partial charge in [-0.1, -0.05) is 23.8 Å². The minimum atomic E-state index is -0.779. The maximum absolute atomic E-state index is 14.5. The molecule has 228 valence electrons. The number of aliphatic hydroxyl groups is 1. The van der Waals surface area contributed by atoms with E-state index >= 15 is 0 Å². The number of amides is 3. The van der Waals surface area contributed by atoms with Gasteiger partial charge in [0.25, 0.3) is 5.91 Å². The Morgan fingerprint density at radius 2 is 1.67 bits per heavy atom. The van der Waals surface area contributed by atoms with Gasteiger partial charge in [-0.15, -0.1) is 24.9 Å². The van der Waals surface area contributed by atoms with Crippen LogP contribution in [0.2, 0.25) is 5.02 Å². The molecular weight excluding hydrogens is 586 g/mol. The molecule has 10 heteroatoms. The smallest absolute Gasteiger partial charge is 0.251 e. The number of benzene rings is 2. The number of thioether (sulfide) groups is 1. The number of carbonyl (C=O) groups excluding carboxylic acids is 3. The third kappa shape index (κ3) is 5.58. The Kier molecular flexibility index (Phi) is 9.54. The molecule has 1 spiro atoms. The average molecular weight is 624 g/mol. The summed E-state index contributed by atoms with van der Waals surface area (Å²) < 4.78 is 4.83. The number of likely N-dealkylation sites (tertiary alicyclic amines) is 1. The summed E-state index contributed by atoms with van der Waals surface area (Å²) in [5, 5.41) is 10.1. The van der Waals surface area contributed by atoms with E-state index in [-0.39, 0.29) is 49.2 Å². The van der Waals surface area contributed by atoms with Crippen LogP contribution in [-0.4, -0.2) is 76.6 Å². The predicted molar refractivity (Wildman–Crippen MR) is 172 cm³/mol. The van der Waals surface area contributed by atoms with Gasteiger partial charge in [-0.2, -0.15) is 0 Å². The van der Waals surface area contributed by atoms with Crippen molar-refractivity contribution in [2.24, 2.45) is 11.8 Å². The number of aliphatic hydroxyl groups excluding tert-OH is 1. The largest absolute Gasteiger partial charge is 0.494 e. The van der Waals surface area contributed by atoms with Crippen molar-refractivity contribution in [1.82, 2.24) is 4.90 Å². The Morgan fingerprint density at radius 1 is 1.07 bits per heavy atom. The zero-order valence-electron chi connectivity index (χ0n) is 24.4. The van der Waals surface area contributed by atoms with Crippen LogP contribution in [-0.2, 0) is 14.4 Å². The molecule has 43 heavy (non-hydrogen) atoms. The van der Waals surface area contributed by atoms with E-state index in [1.54, 1.807) is 62.9 Å². The second kappa shape index (κ2) is 13.2. The van der Waals surface area contributed by atoms with Crippen molar-refractivity contribution >= 4 is 52.5 Å². The van der Waals surface area contributed by atoms with Crippen molar-refractivity contribution in [3.63, 3.8) is 0 Å². The molecular formula is C33H38ClN3O5S. The number of hydrogen-bond donors (Lipinski definition) is 1. The zero-order valence-corrected chi connectivity index (χ0v) is 25.9. The first kappa shape index (κ1) is 31.2. The fourth-order valence-electron chi connectivity index (χ4n) is 6.94. The predicted octanol–water partition coefficient (Wildman–Crippen LogP) is 4.95. The highest BCUT2D eigenvalue weighted by molar-refractivity contribution is 8.02. The number of fused-ring (bicyclic) bond motifs is 1. The molecule has 2 unspecified atom stereocenters. The van der Waals surface area contributed by atoms with Crippen LogP contribution in [0.3, 0.4) is 0 Å². The van der Waals surface area contributed by atoms with Gasteiger partial charge in [0, 0.05) is 47.9 Å². The topological polar surface area (TPSA) is 90.4 Å². The number of halogens is 1. The third-order valence-electron chi connectivity index (χ3n) is 8.63. The van der Waals surface area contributed by atoms with Crippen molar-refractivity contribution < 1.29 is 24.2 Å². The Balaban J connectivity index is 1.52. The lowest BCUT2D eigenvalue weighted by Gasteiger charge is -2.37. The van der Waals surface area contributed by atoms with Crippen molar-refractivity contribution in [1.29, 1.82) is 0 Å². The van der Waals surface area contributed by atoms with Gasteiger partial charge < -0.3 is 24.5 Å². The second-order valence-corrected chi connectivity index (χ2v) is 13.1. The quantitative estimate of drug-likeness (QED) is 0.318. The lowest BCUT2D eigenvalue weighted by molar-refractivity contribution is -0.139. The van der Waals surface area contributed by atoms with Crippen LogP contribution >= 0.6 is 23.4 Å². The van der Waals surface area contributed by atoms with E-state index in [1.807, 2.05) is 31.2 Å². The van der Waals surface area contributed by atoms with Crippen molar-refractivity contribution in [2.45, 2.75) is 42.2 Å². The Labute approximate surface area is 262 Å². The van der Waals surface area contributed by atoms with Gasteiger partial charge >= 0.3 is 0 Å². The average Bonchev–Trinajstić information content (AvgIpc) is 3.65. The lowest BCUT2D eigenvalue weighted by Crippen LogP contribution is -2.55. The van der Waals surface area contributed by atoms with E-state index in [0.29, 0.717) is 41.6 Å². The molecule has 3 fully saturated rings.